The second-order valence-corrected chi connectivity index (χ2v) is 4.28. The Morgan fingerprint density at radius 3 is 2.58 bits per heavy atom. The van der Waals surface area contributed by atoms with Gasteiger partial charge in [0.05, 0.1) is 5.52 Å². The highest BCUT2D eigenvalue weighted by Crippen LogP contribution is 2.11. The molecule has 0 radical (unpaired) electrons. The van der Waals surface area contributed by atoms with Crippen LogP contribution in [0, 0.1) is 0 Å². The molecule has 96 valence electrons. The van der Waals surface area contributed by atoms with E-state index in [2.05, 4.69) is 5.32 Å². The lowest BCUT2D eigenvalue weighted by atomic mass is 10.3. The molecule has 0 saturated heterocycles. The molecule has 1 heterocycles. The molecule has 0 unspecified atom stereocenters. The van der Waals surface area contributed by atoms with Crippen LogP contribution in [0.2, 0.25) is 0 Å². The molecule has 0 saturated carbocycles. The van der Waals surface area contributed by atoms with Crippen molar-refractivity contribution in [3.8, 4) is 0 Å². The molecule has 4 nitrogen and oxygen atoms in total. The summed E-state index contributed by atoms with van der Waals surface area (Å²) in [6.07, 6.45) is 0. The Balaban J connectivity index is 1.75. The first-order chi connectivity index (χ1) is 9.34. The Labute approximate surface area is 110 Å². The van der Waals surface area contributed by atoms with Crippen LogP contribution in [0.25, 0.3) is 11.1 Å². The van der Waals surface area contributed by atoms with E-state index in [4.69, 9.17) is 4.42 Å². The number of nitrogens with zero attached hydrogens (tertiary/aromatic N) is 1. The molecule has 0 fully saturated rings. The number of rotatable bonds is 4. The second kappa shape index (κ2) is 5.02. The molecule has 0 amide bonds. The molecule has 4 heteroatoms. The second-order valence-electron chi connectivity index (χ2n) is 4.28. The number of fused-ring (bicyclic) bond motifs is 1. The van der Waals surface area contributed by atoms with Gasteiger partial charge in [-0.25, -0.2) is 4.79 Å². The Morgan fingerprint density at radius 1 is 1.00 bits per heavy atom. The molecule has 3 aromatic rings. The van der Waals surface area contributed by atoms with Crippen molar-refractivity contribution in [2.45, 2.75) is 6.54 Å². The maximum absolute atomic E-state index is 11.7. The zero-order valence-electron chi connectivity index (χ0n) is 10.4. The van der Waals surface area contributed by atoms with Gasteiger partial charge >= 0.3 is 5.76 Å². The van der Waals surface area contributed by atoms with E-state index in [9.17, 15) is 4.79 Å². The fourth-order valence-corrected chi connectivity index (χ4v) is 2.09. The molecule has 0 aliphatic carbocycles. The molecular formula is C15H14N2O2. The van der Waals surface area contributed by atoms with Gasteiger partial charge in [-0.2, -0.15) is 0 Å². The Hall–Kier alpha value is -2.49. The lowest BCUT2D eigenvalue weighted by molar-refractivity contribution is 0.510. The van der Waals surface area contributed by atoms with E-state index >= 15 is 0 Å². The van der Waals surface area contributed by atoms with Gasteiger partial charge in [0, 0.05) is 18.8 Å². The molecule has 0 aliphatic heterocycles. The minimum atomic E-state index is -0.309. The quantitative estimate of drug-likeness (QED) is 0.778. The zero-order valence-corrected chi connectivity index (χ0v) is 10.4. The molecule has 2 aromatic carbocycles. The third kappa shape index (κ3) is 2.38. The summed E-state index contributed by atoms with van der Waals surface area (Å²) >= 11 is 0. The number of nitrogens with one attached hydrogen (secondary N) is 1. The van der Waals surface area contributed by atoms with Gasteiger partial charge in [-0.15, -0.1) is 0 Å². The third-order valence-electron chi connectivity index (χ3n) is 3.01. The number of hydrogen-bond donors (Lipinski definition) is 1. The van der Waals surface area contributed by atoms with E-state index in [1.807, 2.05) is 48.5 Å². The average Bonchev–Trinajstić information content (AvgIpc) is 2.76. The fourth-order valence-electron chi connectivity index (χ4n) is 2.09. The lowest BCUT2D eigenvalue weighted by Crippen LogP contribution is -2.19. The van der Waals surface area contributed by atoms with Gasteiger partial charge in [0.25, 0.3) is 0 Å². The largest absolute Gasteiger partial charge is 0.420 e. The van der Waals surface area contributed by atoms with Crippen molar-refractivity contribution in [1.29, 1.82) is 0 Å². The highest BCUT2D eigenvalue weighted by molar-refractivity contribution is 5.72. The van der Waals surface area contributed by atoms with Crippen molar-refractivity contribution in [2.24, 2.45) is 0 Å². The number of benzene rings is 2. The van der Waals surface area contributed by atoms with Gasteiger partial charge in [-0.1, -0.05) is 30.3 Å². The Morgan fingerprint density at radius 2 is 1.74 bits per heavy atom. The van der Waals surface area contributed by atoms with Crippen molar-refractivity contribution in [3.63, 3.8) is 0 Å². The van der Waals surface area contributed by atoms with Crippen molar-refractivity contribution in [2.75, 3.05) is 11.9 Å². The van der Waals surface area contributed by atoms with Gasteiger partial charge in [0.1, 0.15) is 0 Å². The van der Waals surface area contributed by atoms with E-state index in [1.165, 1.54) is 0 Å². The van der Waals surface area contributed by atoms with E-state index < -0.39 is 0 Å². The number of hydrogen-bond acceptors (Lipinski definition) is 3. The number of para-hydroxylation sites is 3. The minimum absolute atomic E-state index is 0.309. The van der Waals surface area contributed by atoms with Crippen molar-refractivity contribution >= 4 is 16.8 Å². The lowest BCUT2D eigenvalue weighted by Gasteiger charge is -2.06. The van der Waals surface area contributed by atoms with E-state index in [0.717, 1.165) is 11.2 Å². The zero-order chi connectivity index (χ0) is 13.1. The smallest absolute Gasteiger partial charge is 0.408 e. The summed E-state index contributed by atoms with van der Waals surface area (Å²) in [4.78, 5) is 11.7. The summed E-state index contributed by atoms with van der Waals surface area (Å²) in [5.41, 5.74) is 2.51. The molecule has 0 bridgehead atoms. The minimum Gasteiger partial charge on any atom is -0.408 e. The Bertz CT molecular complexity index is 728. The van der Waals surface area contributed by atoms with E-state index in [-0.39, 0.29) is 5.76 Å². The van der Waals surface area contributed by atoms with Crippen molar-refractivity contribution < 1.29 is 4.42 Å². The van der Waals surface area contributed by atoms with Crippen LogP contribution in [0.1, 0.15) is 0 Å². The first-order valence-corrected chi connectivity index (χ1v) is 6.22. The number of oxazole rings is 1. The topological polar surface area (TPSA) is 47.2 Å². The summed E-state index contributed by atoms with van der Waals surface area (Å²) in [7, 11) is 0. The first-order valence-electron chi connectivity index (χ1n) is 6.22. The number of aromatic nitrogens is 1. The van der Waals surface area contributed by atoms with Gasteiger partial charge < -0.3 is 9.73 Å². The summed E-state index contributed by atoms with van der Waals surface area (Å²) in [6, 6.07) is 17.4. The molecule has 1 N–H and O–H groups in total. The molecular weight excluding hydrogens is 240 g/mol. The van der Waals surface area contributed by atoms with Crippen molar-refractivity contribution in [1.82, 2.24) is 4.57 Å². The van der Waals surface area contributed by atoms with Crippen LogP contribution in [-0.4, -0.2) is 11.1 Å². The highest BCUT2D eigenvalue weighted by Gasteiger charge is 2.07. The fraction of sp³-hybridized carbons (Fsp3) is 0.133. The predicted molar refractivity (Wildman–Crippen MR) is 75.4 cm³/mol. The summed E-state index contributed by atoms with van der Waals surface area (Å²) in [5, 5.41) is 3.27. The first kappa shape index (κ1) is 11.6. The third-order valence-corrected chi connectivity index (χ3v) is 3.01. The van der Waals surface area contributed by atoms with Gasteiger partial charge in [-0.05, 0) is 24.3 Å². The number of anilines is 1. The van der Waals surface area contributed by atoms with E-state index in [0.29, 0.717) is 18.7 Å². The summed E-state index contributed by atoms with van der Waals surface area (Å²) in [5.74, 6) is -0.309. The van der Waals surface area contributed by atoms with Crippen LogP contribution in [-0.2, 0) is 6.54 Å². The SMILES string of the molecule is O=c1oc2ccccc2n1CCNc1ccccc1. The van der Waals surface area contributed by atoms with Crippen molar-refractivity contribution in [3.05, 3.63) is 65.1 Å². The highest BCUT2D eigenvalue weighted by atomic mass is 16.4. The molecule has 1 aromatic heterocycles. The average molecular weight is 254 g/mol. The monoisotopic (exact) mass is 254 g/mol. The maximum atomic E-state index is 11.7. The normalized spacial score (nSPS) is 10.7. The molecule has 19 heavy (non-hydrogen) atoms. The summed E-state index contributed by atoms with van der Waals surface area (Å²) in [6.45, 7) is 1.25. The van der Waals surface area contributed by atoms with Crippen LogP contribution in [0.4, 0.5) is 5.69 Å². The van der Waals surface area contributed by atoms with Crippen LogP contribution in [0.15, 0.2) is 63.8 Å². The van der Waals surface area contributed by atoms with Crippen LogP contribution >= 0.6 is 0 Å². The molecule has 0 spiro atoms. The van der Waals surface area contributed by atoms with Crippen LogP contribution in [0.3, 0.4) is 0 Å². The van der Waals surface area contributed by atoms with E-state index in [1.54, 1.807) is 10.6 Å². The standard InChI is InChI=1S/C15H14N2O2/c18-15-17(13-8-4-5-9-14(13)19-15)11-10-16-12-6-2-1-3-7-12/h1-9,16H,10-11H2. The van der Waals surface area contributed by atoms with Gasteiger partial charge in [-0.3, -0.25) is 4.57 Å². The molecule has 0 atom stereocenters. The van der Waals surface area contributed by atoms with Crippen LogP contribution in [0.5, 0.6) is 0 Å². The molecule has 3 rings (SSSR count). The van der Waals surface area contributed by atoms with Gasteiger partial charge in [0.15, 0.2) is 5.58 Å². The van der Waals surface area contributed by atoms with Crippen LogP contribution < -0.4 is 11.1 Å². The predicted octanol–water partition coefficient (Wildman–Crippen LogP) is 2.71. The molecule has 0 aliphatic rings. The van der Waals surface area contributed by atoms with Gasteiger partial charge in [0.2, 0.25) is 0 Å². The Kier molecular flexibility index (Phi) is 3.06. The summed E-state index contributed by atoms with van der Waals surface area (Å²) < 4.78 is 6.83. The maximum Gasteiger partial charge on any atom is 0.420 e.